The van der Waals surface area contributed by atoms with Crippen molar-refractivity contribution in [3.63, 3.8) is 0 Å². The van der Waals surface area contributed by atoms with Crippen molar-refractivity contribution in [3.8, 4) is 10.6 Å². The van der Waals surface area contributed by atoms with E-state index >= 15 is 0 Å². The van der Waals surface area contributed by atoms with Gasteiger partial charge in [-0.2, -0.15) is 0 Å². The van der Waals surface area contributed by atoms with E-state index in [2.05, 4.69) is 28.6 Å². The zero-order valence-electron chi connectivity index (χ0n) is 10.1. The van der Waals surface area contributed by atoms with Crippen molar-refractivity contribution in [1.82, 2.24) is 10.2 Å². The van der Waals surface area contributed by atoms with Crippen LogP contribution in [0.4, 0.5) is 5.82 Å². The van der Waals surface area contributed by atoms with Gasteiger partial charge in [0, 0.05) is 20.1 Å². The quantitative estimate of drug-likeness (QED) is 0.898. The zero-order valence-corrected chi connectivity index (χ0v) is 10.9. The highest BCUT2D eigenvalue weighted by atomic mass is 32.1. The minimum Gasteiger partial charge on any atom is -0.357 e. The van der Waals surface area contributed by atoms with Gasteiger partial charge in [0.15, 0.2) is 5.82 Å². The zero-order chi connectivity index (χ0) is 12.3. The normalized spacial score (nSPS) is 10.5. The van der Waals surface area contributed by atoms with E-state index in [1.54, 1.807) is 11.3 Å². The highest BCUT2D eigenvalue weighted by molar-refractivity contribution is 7.13. The van der Waals surface area contributed by atoms with Gasteiger partial charge in [-0.1, -0.05) is 0 Å². The summed E-state index contributed by atoms with van der Waals surface area (Å²) in [4.78, 5) is 3.18. The van der Waals surface area contributed by atoms with E-state index in [1.807, 2.05) is 24.1 Å². The Labute approximate surface area is 105 Å². The molecule has 0 fully saturated rings. The first-order chi connectivity index (χ1) is 8.22. The van der Waals surface area contributed by atoms with Crippen LogP contribution in [0.15, 0.2) is 23.6 Å². The Balaban J connectivity index is 2.21. The molecule has 0 aliphatic carbocycles. The summed E-state index contributed by atoms with van der Waals surface area (Å²) >= 11 is 1.69. The summed E-state index contributed by atoms with van der Waals surface area (Å²) in [6, 6.07) is 6.08. The van der Waals surface area contributed by atoms with Crippen molar-refractivity contribution in [2.24, 2.45) is 5.73 Å². The van der Waals surface area contributed by atoms with Gasteiger partial charge in [-0.3, -0.25) is 0 Å². The number of hydrogen-bond donors (Lipinski definition) is 1. The van der Waals surface area contributed by atoms with E-state index in [4.69, 9.17) is 5.73 Å². The number of thiophene rings is 1. The number of aromatic nitrogens is 2. The lowest BCUT2D eigenvalue weighted by molar-refractivity contribution is 0.849. The maximum absolute atomic E-state index is 5.51. The third kappa shape index (κ3) is 2.62. The number of aryl methyl sites for hydroxylation is 1. The molecule has 2 aromatic heterocycles. The van der Waals surface area contributed by atoms with Gasteiger partial charge in [0.05, 0.1) is 4.88 Å². The molecule has 0 saturated heterocycles. The number of rotatable bonds is 4. The van der Waals surface area contributed by atoms with Crippen molar-refractivity contribution in [2.45, 2.75) is 6.92 Å². The summed E-state index contributed by atoms with van der Waals surface area (Å²) in [5, 5.41) is 10.6. The standard InChI is InChI=1S/C12H16N4S/c1-9-5-8-17-12(9)10-3-4-11(15-14-10)16(2)7-6-13/h3-5,8H,6-7,13H2,1-2H3. The minimum atomic E-state index is 0.615. The van der Waals surface area contributed by atoms with Crippen molar-refractivity contribution < 1.29 is 0 Å². The lowest BCUT2D eigenvalue weighted by atomic mass is 10.2. The Morgan fingerprint density at radius 1 is 1.29 bits per heavy atom. The van der Waals surface area contributed by atoms with Gasteiger partial charge in [-0.25, -0.2) is 0 Å². The second-order valence-electron chi connectivity index (χ2n) is 3.92. The monoisotopic (exact) mass is 248 g/mol. The molecule has 0 radical (unpaired) electrons. The summed E-state index contributed by atoms with van der Waals surface area (Å²) in [6.07, 6.45) is 0. The molecule has 0 aliphatic rings. The van der Waals surface area contributed by atoms with Gasteiger partial charge in [-0.05, 0) is 36.1 Å². The Bertz CT molecular complexity index is 478. The maximum atomic E-state index is 5.51. The number of nitrogens with zero attached hydrogens (tertiary/aromatic N) is 3. The lowest BCUT2D eigenvalue weighted by Crippen LogP contribution is -2.25. The molecule has 4 nitrogen and oxygen atoms in total. The second kappa shape index (κ2) is 5.25. The van der Waals surface area contributed by atoms with Gasteiger partial charge in [0.2, 0.25) is 0 Å². The van der Waals surface area contributed by atoms with Crippen molar-refractivity contribution >= 4 is 17.2 Å². The largest absolute Gasteiger partial charge is 0.357 e. The number of likely N-dealkylation sites (N-methyl/N-ethyl adjacent to an activating group) is 1. The molecule has 2 N–H and O–H groups in total. The van der Waals surface area contributed by atoms with E-state index in [0.29, 0.717) is 6.54 Å². The lowest BCUT2D eigenvalue weighted by Gasteiger charge is -2.15. The Morgan fingerprint density at radius 3 is 2.65 bits per heavy atom. The van der Waals surface area contributed by atoms with Crippen LogP contribution < -0.4 is 10.6 Å². The van der Waals surface area contributed by atoms with Crippen LogP contribution in [0, 0.1) is 6.92 Å². The Kier molecular flexibility index (Phi) is 3.71. The summed E-state index contributed by atoms with van der Waals surface area (Å²) < 4.78 is 0. The molecule has 0 atom stereocenters. The molecule has 0 bridgehead atoms. The van der Waals surface area contributed by atoms with E-state index in [-0.39, 0.29) is 0 Å². The van der Waals surface area contributed by atoms with Crippen molar-refractivity contribution in [3.05, 3.63) is 29.1 Å². The summed E-state index contributed by atoms with van der Waals surface area (Å²) in [6.45, 7) is 3.48. The van der Waals surface area contributed by atoms with E-state index in [1.165, 1.54) is 10.4 Å². The molecule has 17 heavy (non-hydrogen) atoms. The van der Waals surface area contributed by atoms with E-state index in [0.717, 1.165) is 18.1 Å². The number of hydrogen-bond acceptors (Lipinski definition) is 5. The fourth-order valence-corrected chi connectivity index (χ4v) is 2.49. The number of anilines is 1. The Morgan fingerprint density at radius 2 is 2.12 bits per heavy atom. The van der Waals surface area contributed by atoms with Crippen LogP contribution in [-0.4, -0.2) is 30.3 Å². The summed E-state index contributed by atoms with van der Waals surface area (Å²) in [5.74, 6) is 0.855. The van der Waals surface area contributed by atoms with Crippen LogP contribution >= 0.6 is 11.3 Å². The third-order valence-corrected chi connectivity index (χ3v) is 3.64. The maximum Gasteiger partial charge on any atom is 0.151 e. The second-order valence-corrected chi connectivity index (χ2v) is 4.84. The van der Waals surface area contributed by atoms with Gasteiger partial charge in [0.25, 0.3) is 0 Å². The summed E-state index contributed by atoms with van der Waals surface area (Å²) in [7, 11) is 1.97. The fraction of sp³-hybridized carbons (Fsp3) is 0.333. The molecular formula is C12H16N4S. The number of nitrogens with two attached hydrogens (primary N) is 1. The molecule has 0 unspecified atom stereocenters. The molecule has 0 amide bonds. The molecule has 0 saturated carbocycles. The van der Waals surface area contributed by atoms with E-state index < -0.39 is 0 Å². The van der Waals surface area contributed by atoms with Crippen LogP contribution in [-0.2, 0) is 0 Å². The SMILES string of the molecule is Cc1ccsc1-c1ccc(N(C)CCN)nn1. The molecule has 5 heteroatoms. The first-order valence-corrected chi connectivity index (χ1v) is 6.39. The average Bonchev–Trinajstić information content (AvgIpc) is 2.76. The van der Waals surface area contributed by atoms with Crippen LogP contribution in [0.1, 0.15) is 5.56 Å². The first kappa shape index (κ1) is 12.0. The van der Waals surface area contributed by atoms with E-state index in [9.17, 15) is 0 Å². The predicted octanol–water partition coefficient (Wildman–Crippen LogP) is 1.91. The van der Waals surface area contributed by atoms with Crippen molar-refractivity contribution in [1.29, 1.82) is 0 Å². The molecule has 2 heterocycles. The minimum absolute atomic E-state index is 0.615. The molecular weight excluding hydrogens is 232 g/mol. The van der Waals surface area contributed by atoms with Crippen LogP contribution in [0.5, 0.6) is 0 Å². The van der Waals surface area contributed by atoms with Crippen LogP contribution in [0.2, 0.25) is 0 Å². The molecule has 2 rings (SSSR count). The highest BCUT2D eigenvalue weighted by Gasteiger charge is 2.07. The fourth-order valence-electron chi connectivity index (χ4n) is 1.59. The predicted molar refractivity (Wildman–Crippen MR) is 72.4 cm³/mol. The smallest absolute Gasteiger partial charge is 0.151 e. The average molecular weight is 248 g/mol. The third-order valence-electron chi connectivity index (χ3n) is 2.60. The molecule has 90 valence electrons. The van der Waals surface area contributed by atoms with Gasteiger partial charge >= 0.3 is 0 Å². The summed E-state index contributed by atoms with van der Waals surface area (Å²) in [5.41, 5.74) is 7.68. The molecule has 0 spiro atoms. The van der Waals surface area contributed by atoms with Crippen LogP contribution in [0.3, 0.4) is 0 Å². The highest BCUT2D eigenvalue weighted by Crippen LogP contribution is 2.27. The van der Waals surface area contributed by atoms with Crippen molar-refractivity contribution in [2.75, 3.05) is 25.0 Å². The van der Waals surface area contributed by atoms with Gasteiger partial charge in [0.1, 0.15) is 5.69 Å². The van der Waals surface area contributed by atoms with Gasteiger partial charge in [-0.15, -0.1) is 21.5 Å². The topological polar surface area (TPSA) is 55.0 Å². The molecule has 2 aromatic rings. The molecule has 0 aromatic carbocycles. The van der Waals surface area contributed by atoms with Crippen LogP contribution in [0.25, 0.3) is 10.6 Å². The first-order valence-electron chi connectivity index (χ1n) is 5.52. The van der Waals surface area contributed by atoms with Gasteiger partial charge < -0.3 is 10.6 Å². The Hall–Kier alpha value is -1.46. The molecule has 0 aliphatic heterocycles.